The first-order chi connectivity index (χ1) is 15.9. The van der Waals surface area contributed by atoms with Crippen LogP contribution in [0.15, 0.2) is 29.5 Å². The largest absolute Gasteiger partial charge is 0.520 e. The third kappa shape index (κ3) is 14.3. The molecule has 1 rings (SSSR count). The molecular formula is C27H51NO4Si2. The zero-order valence-electron chi connectivity index (χ0n) is 23.2. The zero-order chi connectivity index (χ0) is 25.6. The lowest BCUT2D eigenvalue weighted by molar-refractivity contribution is -0.135. The smallest absolute Gasteiger partial charge is 0.292 e. The second-order valence-corrected chi connectivity index (χ2v) is 20.3. The quantitative estimate of drug-likeness (QED) is 0.0866. The average molecular weight is 510 g/mol. The van der Waals surface area contributed by atoms with Crippen molar-refractivity contribution < 1.29 is 18.5 Å². The molecule has 0 aromatic heterocycles. The number of nitrogens with zero attached hydrogens (tertiary/aromatic N) is 1. The highest BCUT2D eigenvalue weighted by atomic mass is 28.4. The molecular weight excluding hydrogens is 458 g/mol. The second-order valence-electron chi connectivity index (χ2n) is 11.4. The standard InChI is InChI=1S/C27H51NO4Si2/c1-9-10-13-16-24(31-33(3,4)5)21-19-23-20-22-26(28-30-2)25(23)17-14-11-12-15-18-27(29)32-34(6,7)8/h19-25H,9-18H2,1-8H3/b21-19+,28-26-/t23-,24?,25+/m0/s1. The van der Waals surface area contributed by atoms with E-state index in [1.807, 2.05) is 0 Å². The number of carbonyl (C=O) groups excluding carboxylic acids is 1. The first-order valence-electron chi connectivity index (χ1n) is 13.3. The van der Waals surface area contributed by atoms with Gasteiger partial charge in [0.05, 0.1) is 11.8 Å². The Morgan fingerprint density at radius 2 is 1.74 bits per heavy atom. The molecule has 5 nitrogen and oxygen atoms in total. The van der Waals surface area contributed by atoms with E-state index in [0.29, 0.717) is 18.3 Å². The van der Waals surface area contributed by atoms with Crippen LogP contribution in [-0.2, 0) is 18.5 Å². The van der Waals surface area contributed by atoms with Gasteiger partial charge in [-0.15, -0.1) is 0 Å². The van der Waals surface area contributed by atoms with Gasteiger partial charge < -0.3 is 13.7 Å². The highest BCUT2D eigenvalue weighted by molar-refractivity contribution is 6.71. The van der Waals surface area contributed by atoms with Crippen molar-refractivity contribution in [3.63, 3.8) is 0 Å². The lowest BCUT2D eigenvalue weighted by atomic mass is 9.88. The Morgan fingerprint density at radius 1 is 1.03 bits per heavy atom. The van der Waals surface area contributed by atoms with E-state index in [4.69, 9.17) is 13.7 Å². The summed E-state index contributed by atoms with van der Waals surface area (Å²) < 4.78 is 12.0. The maximum atomic E-state index is 11.9. The number of oxime groups is 1. The summed E-state index contributed by atoms with van der Waals surface area (Å²) in [4.78, 5) is 17.0. The van der Waals surface area contributed by atoms with Crippen molar-refractivity contribution in [1.29, 1.82) is 0 Å². The van der Waals surface area contributed by atoms with Gasteiger partial charge in [-0.25, -0.2) is 0 Å². The van der Waals surface area contributed by atoms with Gasteiger partial charge in [0.2, 0.25) is 8.32 Å². The Bertz CT molecular complexity index is 677. The van der Waals surface area contributed by atoms with Crippen LogP contribution < -0.4 is 0 Å². The molecule has 1 aliphatic rings. The fourth-order valence-corrected chi connectivity index (χ4v) is 6.17. The van der Waals surface area contributed by atoms with Crippen molar-refractivity contribution in [3.05, 3.63) is 24.3 Å². The van der Waals surface area contributed by atoms with E-state index in [2.05, 4.69) is 75.7 Å². The van der Waals surface area contributed by atoms with Gasteiger partial charge in [0, 0.05) is 18.3 Å². The maximum Gasteiger partial charge on any atom is 0.292 e. The molecule has 0 saturated carbocycles. The molecule has 1 aliphatic carbocycles. The van der Waals surface area contributed by atoms with Crippen LogP contribution in [0.3, 0.4) is 0 Å². The minimum atomic E-state index is -1.77. The summed E-state index contributed by atoms with van der Waals surface area (Å²) in [5.41, 5.74) is 1.03. The van der Waals surface area contributed by atoms with Crippen molar-refractivity contribution in [2.45, 2.75) is 117 Å². The number of hydrogen-bond acceptors (Lipinski definition) is 5. The van der Waals surface area contributed by atoms with Gasteiger partial charge in [-0.2, -0.15) is 0 Å². The molecule has 3 atom stereocenters. The highest BCUT2D eigenvalue weighted by Crippen LogP contribution is 2.30. The van der Waals surface area contributed by atoms with Crippen LogP contribution in [0.25, 0.3) is 0 Å². The number of allylic oxidation sites excluding steroid dienone is 3. The Labute approximate surface area is 211 Å². The molecule has 7 heteroatoms. The summed E-state index contributed by atoms with van der Waals surface area (Å²) >= 11 is 0. The summed E-state index contributed by atoms with van der Waals surface area (Å²) in [5.74, 6) is 0.642. The normalized spacial score (nSPS) is 20.9. The molecule has 0 aliphatic heterocycles. The second kappa shape index (κ2) is 15.7. The van der Waals surface area contributed by atoms with E-state index in [9.17, 15) is 4.79 Å². The third-order valence-corrected chi connectivity index (χ3v) is 7.59. The van der Waals surface area contributed by atoms with Crippen LogP contribution in [0.5, 0.6) is 0 Å². The molecule has 0 saturated heterocycles. The molecule has 0 N–H and O–H groups in total. The molecule has 0 aromatic carbocycles. The zero-order valence-corrected chi connectivity index (χ0v) is 25.2. The Balaban J connectivity index is 2.60. The Kier molecular flexibility index (Phi) is 14.3. The van der Waals surface area contributed by atoms with E-state index in [0.717, 1.165) is 44.2 Å². The maximum absolute atomic E-state index is 11.9. The average Bonchev–Trinajstić information content (AvgIpc) is 3.08. The molecule has 0 amide bonds. The fourth-order valence-electron chi connectivity index (χ4n) is 4.28. The molecule has 0 heterocycles. The van der Waals surface area contributed by atoms with Crippen molar-refractivity contribution in [2.24, 2.45) is 17.0 Å². The molecule has 0 radical (unpaired) electrons. The van der Waals surface area contributed by atoms with Gasteiger partial charge in [-0.3, -0.25) is 4.79 Å². The van der Waals surface area contributed by atoms with E-state index >= 15 is 0 Å². The minimum Gasteiger partial charge on any atom is -0.520 e. The molecule has 196 valence electrons. The minimum absolute atomic E-state index is 0.0343. The lowest BCUT2D eigenvalue weighted by Crippen LogP contribution is -2.31. The van der Waals surface area contributed by atoms with Crippen LogP contribution in [0.1, 0.15) is 71.1 Å². The SMILES string of the molecule is CCCCCC(/C=C/[C@H]1C=C/C(=N/OC)[C@@H]1CCCCCCC(=O)O[Si](C)(C)C)O[Si](C)(C)C. The number of carbonyl (C=O) groups is 1. The summed E-state index contributed by atoms with van der Waals surface area (Å²) in [6, 6.07) is 0. The lowest BCUT2D eigenvalue weighted by Gasteiger charge is -2.25. The van der Waals surface area contributed by atoms with E-state index in [1.54, 1.807) is 7.11 Å². The topological polar surface area (TPSA) is 57.1 Å². The number of rotatable bonds is 17. The van der Waals surface area contributed by atoms with Crippen LogP contribution in [-0.4, -0.2) is 41.5 Å². The van der Waals surface area contributed by atoms with Crippen LogP contribution >= 0.6 is 0 Å². The summed E-state index contributed by atoms with van der Waals surface area (Å²) in [6.07, 6.45) is 19.8. The molecule has 0 fully saturated rings. The first-order valence-corrected chi connectivity index (χ1v) is 20.1. The molecule has 34 heavy (non-hydrogen) atoms. The van der Waals surface area contributed by atoms with E-state index in [1.165, 1.54) is 19.3 Å². The monoisotopic (exact) mass is 509 g/mol. The summed E-state index contributed by atoms with van der Waals surface area (Å²) in [7, 11) is -1.75. The first kappa shape index (κ1) is 30.8. The van der Waals surface area contributed by atoms with Gasteiger partial charge >= 0.3 is 0 Å². The van der Waals surface area contributed by atoms with Gasteiger partial charge in [0.25, 0.3) is 5.97 Å². The predicted octanol–water partition coefficient (Wildman–Crippen LogP) is 7.87. The van der Waals surface area contributed by atoms with Crippen molar-refractivity contribution in [2.75, 3.05) is 7.11 Å². The van der Waals surface area contributed by atoms with Crippen molar-refractivity contribution in [1.82, 2.24) is 0 Å². The van der Waals surface area contributed by atoms with E-state index < -0.39 is 16.6 Å². The summed E-state index contributed by atoms with van der Waals surface area (Å²) in [6.45, 7) is 15.2. The molecule has 0 spiro atoms. The van der Waals surface area contributed by atoms with Crippen molar-refractivity contribution in [3.8, 4) is 0 Å². The summed E-state index contributed by atoms with van der Waals surface area (Å²) in [5, 5.41) is 4.29. The number of hydrogen-bond donors (Lipinski definition) is 0. The molecule has 1 unspecified atom stereocenters. The Hall–Kier alpha value is -1.19. The van der Waals surface area contributed by atoms with E-state index in [-0.39, 0.29) is 12.1 Å². The predicted molar refractivity (Wildman–Crippen MR) is 149 cm³/mol. The van der Waals surface area contributed by atoms with Crippen molar-refractivity contribution >= 4 is 28.3 Å². The van der Waals surface area contributed by atoms with Gasteiger partial charge in [0.1, 0.15) is 7.11 Å². The van der Waals surface area contributed by atoms with Crippen LogP contribution in [0.2, 0.25) is 39.3 Å². The number of unbranched alkanes of at least 4 members (excludes halogenated alkanes) is 5. The van der Waals surface area contributed by atoms with Gasteiger partial charge in [-0.05, 0) is 64.6 Å². The molecule has 0 bridgehead atoms. The highest BCUT2D eigenvalue weighted by Gasteiger charge is 2.28. The van der Waals surface area contributed by atoms with Gasteiger partial charge in [0.15, 0.2) is 8.32 Å². The fraction of sp³-hybridized carbons (Fsp3) is 0.778. The van der Waals surface area contributed by atoms with Gasteiger partial charge in [-0.1, -0.05) is 68.8 Å². The van der Waals surface area contributed by atoms with Crippen LogP contribution in [0.4, 0.5) is 0 Å². The third-order valence-electron chi connectivity index (χ3n) is 5.74. The molecule has 0 aromatic rings. The Morgan fingerprint density at radius 3 is 2.35 bits per heavy atom. The van der Waals surface area contributed by atoms with Crippen LogP contribution in [0, 0.1) is 11.8 Å².